The molecule has 19 heavy (non-hydrogen) atoms. The minimum absolute atomic E-state index is 0.356. The van der Waals surface area contributed by atoms with E-state index in [1.165, 1.54) is 5.56 Å². The van der Waals surface area contributed by atoms with Crippen LogP contribution in [0.2, 0.25) is 5.02 Å². The average Bonchev–Trinajstić information content (AvgIpc) is 2.40. The first-order chi connectivity index (χ1) is 9.19. The van der Waals surface area contributed by atoms with Crippen LogP contribution in [0.25, 0.3) is 0 Å². The van der Waals surface area contributed by atoms with E-state index in [1.54, 1.807) is 12.4 Å². The van der Waals surface area contributed by atoms with Crippen LogP contribution in [-0.2, 0) is 12.8 Å². The van der Waals surface area contributed by atoms with Gasteiger partial charge < -0.3 is 5.32 Å². The molecule has 1 aromatic carbocycles. The van der Waals surface area contributed by atoms with Crippen molar-refractivity contribution in [1.82, 2.24) is 10.3 Å². The fraction of sp³-hybridized carbons (Fsp3) is 0.267. The molecule has 0 aliphatic rings. The molecule has 1 atom stereocenters. The summed E-state index contributed by atoms with van der Waals surface area (Å²) in [5.41, 5.74) is 2.44. The van der Waals surface area contributed by atoms with Gasteiger partial charge in [0.2, 0.25) is 0 Å². The number of halogens is 2. The van der Waals surface area contributed by atoms with Crippen LogP contribution in [0.5, 0.6) is 0 Å². The van der Waals surface area contributed by atoms with Crippen LogP contribution < -0.4 is 5.32 Å². The van der Waals surface area contributed by atoms with Crippen molar-refractivity contribution >= 4 is 27.5 Å². The minimum atomic E-state index is 0.356. The third-order valence-electron chi connectivity index (χ3n) is 3.10. The first-order valence-corrected chi connectivity index (χ1v) is 7.36. The van der Waals surface area contributed by atoms with Crippen molar-refractivity contribution in [3.63, 3.8) is 0 Å². The van der Waals surface area contributed by atoms with Gasteiger partial charge in [0.15, 0.2) is 0 Å². The van der Waals surface area contributed by atoms with Crippen molar-refractivity contribution in [2.45, 2.75) is 18.9 Å². The Morgan fingerprint density at radius 1 is 1.32 bits per heavy atom. The zero-order valence-corrected chi connectivity index (χ0v) is 13.1. The van der Waals surface area contributed by atoms with Crippen LogP contribution in [0.4, 0.5) is 0 Å². The van der Waals surface area contributed by atoms with Gasteiger partial charge in [-0.1, -0.05) is 39.7 Å². The molecule has 0 fully saturated rings. The number of likely N-dealkylation sites (N-methyl/N-ethyl adjacent to an activating group) is 1. The highest BCUT2D eigenvalue weighted by Gasteiger charge is 2.10. The highest BCUT2D eigenvalue weighted by atomic mass is 79.9. The van der Waals surface area contributed by atoms with E-state index < -0.39 is 0 Å². The zero-order valence-electron chi connectivity index (χ0n) is 10.7. The monoisotopic (exact) mass is 338 g/mol. The molecule has 0 bridgehead atoms. The topological polar surface area (TPSA) is 24.9 Å². The number of hydrogen-bond donors (Lipinski definition) is 1. The maximum Gasteiger partial charge on any atom is 0.0621 e. The summed E-state index contributed by atoms with van der Waals surface area (Å²) in [5, 5.41) is 4.08. The molecule has 100 valence electrons. The normalized spacial score (nSPS) is 12.4. The van der Waals surface area contributed by atoms with Gasteiger partial charge in [-0.2, -0.15) is 0 Å². The fourth-order valence-electron chi connectivity index (χ4n) is 2.06. The van der Waals surface area contributed by atoms with E-state index in [0.29, 0.717) is 6.04 Å². The summed E-state index contributed by atoms with van der Waals surface area (Å²) in [6.07, 6.45) is 5.34. The van der Waals surface area contributed by atoms with E-state index in [2.05, 4.69) is 44.4 Å². The molecule has 1 heterocycles. The molecule has 0 radical (unpaired) electrons. The highest BCUT2D eigenvalue weighted by Crippen LogP contribution is 2.18. The van der Waals surface area contributed by atoms with E-state index >= 15 is 0 Å². The van der Waals surface area contributed by atoms with Gasteiger partial charge in [0.1, 0.15) is 0 Å². The van der Waals surface area contributed by atoms with Crippen LogP contribution >= 0.6 is 27.5 Å². The van der Waals surface area contributed by atoms with Gasteiger partial charge in [0.05, 0.1) is 5.02 Å². The van der Waals surface area contributed by atoms with Crippen LogP contribution in [-0.4, -0.2) is 18.1 Å². The van der Waals surface area contributed by atoms with Gasteiger partial charge in [0.25, 0.3) is 0 Å². The third kappa shape index (κ3) is 4.30. The van der Waals surface area contributed by atoms with Gasteiger partial charge in [0, 0.05) is 22.9 Å². The Balaban J connectivity index is 2.07. The van der Waals surface area contributed by atoms with Gasteiger partial charge >= 0.3 is 0 Å². The first-order valence-electron chi connectivity index (χ1n) is 6.19. The molecule has 4 heteroatoms. The Labute approximate surface area is 127 Å². The quantitative estimate of drug-likeness (QED) is 0.894. The molecular weight excluding hydrogens is 324 g/mol. The van der Waals surface area contributed by atoms with Gasteiger partial charge in [-0.15, -0.1) is 0 Å². The number of hydrogen-bond acceptors (Lipinski definition) is 2. The molecule has 0 saturated heterocycles. The molecule has 0 saturated carbocycles. The first kappa shape index (κ1) is 14.5. The summed E-state index contributed by atoms with van der Waals surface area (Å²) in [4.78, 5) is 4.02. The predicted molar refractivity (Wildman–Crippen MR) is 83.6 cm³/mol. The molecule has 1 unspecified atom stereocenters. The second-order valence-corrected chi connectivity index (χ2v) is 5.81. The van der Waals surface area contributed by atoms with E-state index in [0.717, 1.165) is 27.9 Å². The standard InChI is InChI=1S/C15H16BrClN2/c1-18-14(8-11-3-2-4-13(16)7-11)9-12-5-6-19-10-15(12)17/h2-7,10,14,18H,8-9H2,1H3. The molecular formula is C15H16BrClN2. The molecule has 0 aliphatic heterocycles. The molecule has 0 aliphatic carbocycles. The lowest BCUT2D eigenvalue weighted by Crippen LogP contribution is -2.30. The summed E-state index contributed by atoms with van der Waals surface area (Å²) in [5.74, 6) is 0. The summed E-state index contributed by atoms with van der Waals surface area (Å²) >= 11 is 9.66. The Kier molecular flexibility index (Phi) is 5.37. The zero-order chi connectivity index (χ0) is 13.7. The SMILES string of the molecule is CNC(Cc1cccc(Br)c1)Cc1ccncc1Cl. The Morgan fingerprint density at radius 3 is 2.84 bits per heavy atom. The summed E-state index contributed by atoms with van der Waals surface area (Å²) < 4.78 is 1.11. The largest absolute Gasteiger partial charge is 0.316 e. The van der Waals surface area contributed by atoms with Gasteiger partial charge in [-0.05, 0) is 49.2 Å². The van der Waals surface area contributed by atoms with Crippen LogP contribution in [0.1, 0.15) is 11.1 Å². The number of rotatable bonds is 5. The summed E-state index contributed by atoms with van der Waals surface area (Å²) in [6.45, 7) is 0. The lowest BCUT2D eigenvalue weighted by atomic mass is 10.00. The van der Waals surface area contributed by atoms with Gasteiger partial charge in [-0.3, -0.25) is 4.98 Å². The van der Waals surface area contributed by atoms with Crippen LogP contribution in [0.15, 0.2) is 47.2 Å². The van der Waals surface area contributed by atoms with E-state index in [1.807, 2.05) is 19.2 Å². The molecule has 0 amide bonds. The van der Waals surface area contributed by atoms with Crippen molar-refractivity contribution in [2.24, 2.45) is 0 Å². The Bertz CT molecular complexity index is 545. The summed E-state index contributed by atoms with van der Waals surface area (Å²) in [6, 6.07) is 10.7. The molecule has 1 aromatic heterocycles. The lowest BCUT2D eigenvalue weighted by Gasteiger charge is -2.17. The van der Waals surface area contributed by atoms with Crippen molar-refractivity contribution in [3.05, 3.63) is 63.3 Å². The molecule has 2 aromatic rings. The number of nitrogens with one attached hydrogen (secondary N) is 1. The van der Waals surface area contributed by atoms with Gasteiger partial charge in [-0.25, -0.2) is 0 Å². The van der Waals surface area contributed by atoms with E-state index in [-0.39, 0.29) is 0 Å². The maximum atomic E-state index is 6.16. The second kappa shape index (κ2) is 7.04. The van der Waals surface area contributed by atoms with Crippen LogP contribution in [0, 0.1) is 0 Å². The molecule has 1 N–H and O–H groups in total. The number of pyridine rings is 1. The lowest BCUT2D eigenvalue weighted by molar-refractivity contribution is 0.556. The van der Waals surface area contributed by atoms with E-state index in [9.17, 15) is 0 Å². The molecule has 2 nitrogen and oxygen atoms in total. The van der Waals surface area contributed by atoms with Crippen LogP contribution in [0.3, 0.4) is 0 Å². The number of aromatic nitrogens is 1. The highest BCUT2D eigenvalue weighted by molar-refractivity contribution is 9.10. The average molecular weight is 340 g/mol. The summed E-state index contributed by atoms with van der Waals surface area (Å²) in [7, 11) is 1.98. The Hall–Kier alpha value is -0.900. The van der Waals surface area contributed by atoms with E-state index in [4.69, 9.17) is 11.6 Å². The fourth-order valence-corrected chi connectivity index (χ4v) is 2.70. The smallest absolute Gasteiger partial charge is 0.0621 e. The Morgan fingerprint density at radius 2 is 2.16 bits per heavy atom. The van der Waals surface area contributed by atoms with Crippen molar-refractivity contribution < 1.29 is 0 Å². The van der Waals surface area contributed by atoms with Crippen molar-refractivity contribution in [1.29, 1.82) is 0 Å². The molecule has 0 spiro atoms. The van der Waals surface area contributed by atoms with Crippen molar-refractivity contribution in [2.75, 3.05) is 7.05 Å². The molecule has 2 rings (SSSR count). The number of nitrogens with zero attached hydrogens (tertiary/aromatic N) is 1. The van der Waals surface area contributed by atoms with Crippen molar-refractivity contribution in [3.8, 4) is 0 Å². The maximum absolute atomic E-state index is 6.16. The predicted octanol–water partition coefficient (Wildman–Crippen LogP) is 3.87. The number of benzene rings is 1. The minimum Gasteiger partial charge on any atom is -0.316 e. The second-order valence-electron chi connectivity index (χ2n) is 4.49. The third-order valence-corrected chi connectivity index (χ3v) is 3.94.